The van der Waals surface area contributed by atoms with Crippen LogP contribution in [0.5, 0.6) is 11.5 Å². The molecule has 0 spiro atoms. The lowest BCUT2D eigenvalue weighted by Gasteiger charge is -2.13. The highest BCUT2D eigenvalue weighted by Gasteiger charge is 2.29. The third-order valence-electron chi connectivity index (χ3n) is 3.56. The lowest BCUT2D eigenvalue weighted by atomic mass is 10.2. The van der Waals surface area contributed by atoms with Crippen LogP contribution in [-0.2, 0) is 19.4 Å². The van der Waals surface area contributed by atoms with Crippen LogP contribution >= 0.6 is 0 Å². The zero-order chi connectivity index (χ0) is 17.7. The topological polar surface area (TPSA) is 108 Å². The molecule has 1 heterocycles. The predicted molar refractivity (Wildman–Crippen MR) is 85.0 cm³/mol. The fourth-order valence-corrected chi connectivity index (χ4v) is 4.11. The summed E-state index contributed by atoms with van der Waals surface area (Å²) in [5.41, 5.74) is 0.0822. The monoisotopic (exact) mass is 357 g/mol. The molecule has 1 saturated heterocycles. The van der Waals surface area contributed by atoms with Crippen molar-refractivity contribution in [3.05, 3.63) is 23.8 Å². The number of esters is 1. The Balaban J connectivity index is 1.95. The summed E-state index contributed by atoms with van der Waals surface area (Å²) in [5.74, 6) is -0.829. The van der Waals surface area contributed by atoms with Gasteiger partial charge in [-0.2, -0.15) is 0 Å². The van der Waals surface area contributed by atoms with Gasteiger partial charge in [0.05, 0.1) is 25.7 Å². The number of methoxy groups -OCH3 is 2. The van der Waals surface area contributed by atoms with E-state index < -0.39 is 34.4 Å². The second kappa shape index (κ2) is 7.52. The van der Waals surface area contributed by atoms with E-state index in [-0.39, 0.29) is 28.6 Å². The molecule has 1 aliphatic heterocycles. The van der Waals surface area contributed by atoms with Crippen molar-refractivity contribution in [3.63, 3.8) is 0 Å². The van der Waals surface area contributed by atoms with Gasteiger partial charge in [0, 0.05) is 6.04 Å². The lowest BCUT2D eigenvalue weighted by molar-refractivity contribution is -0.124. The average molecular weight is 357 g/mol. The van der Waals surface area contributed by atoms with Crippen LogP contribution in [0.15, 0.2) is 18.2 Å². The highest BCUT2D eigenvalue weighted by atomic mass is 32.2. The molecule has 1 aromatic rings. The van der Waals surface area contributed by atoms with E-state index in [0.717, 1.165) is 0 Å². The predicted octanol–water partition coefficient (Wildman–Crippen LogP) is 0.164. The first-order valence-corrected chi connectivity index (χ1v) is 9.06. The van der Waals surface area contributed by atoms with Crippen molar-refractivity contribution in [2.45, 2.75) is 12.5 Å². The van der Waals surface area contributed by atoms with Gasteiger partial charge in [-0.15, -0.1) is 0 Å². The molecule has 2 rings (SSSR count). The fraction of sp³-hybridized carbons (Fsp3) is 0.467. The van der Waals surface area contributed by atoms with Crippen LogP contribution in [0, 0.1) is 0 Å². The number of benzene rings is 1. The summed E-state index contributed by atoms with van der Waals surface area (Å²) >= 11 is 0. The number of ether oxygens (including phenoxy) is 3. The molecule has 1 amide bonds. The number of carbonyl (C=O) groups is 2. The highest BCUT2D eigenvalue weighted by molar-refractivity contribution is 7.91. The van der Waals surface area contributed by atoms with Crippen LogP contribution in [-0.4, -0.2) is 58.7 Å². The maximum Gasteiger partial charge on any atom is 0.346 e. The summed E-state index contributed by atoms with van der Waals surface area (Å²) in [6.45, 7) is -0.517. The molecule has 1 aromatic carbocycles. The summed E-state index contributed by atoms with van der Waals surface area (Å²) in [4.78, 5) is 24.0. The van der Waals surface area contributed by atoms with Crippen molar-refractivity contribution < 1.29 is 32.2 Å². The van der Waals surface area contributed by atoms with Crippen LogP contribution < -0.4 is 14.8 Å². The number of amides is 1. The third-order valence-corrected chi connectivity index (χ3v) is 5.33. The minimum Gasteiger partial charge on any atom is -0.496 e. The molecule has 1 aliphatic rings. The fourth-order valence-electron chi connectivity index (χ4n) is 2.43. The van der Waals surface area contributed by atoms with E-state index in [9.17, 15) is 18.0 Å². The Labute approximate surface area is 140 Å². The summed E-state index contributed by atoms with van der Waals surface area (Å²) < 4.78 is 37.9. The molecule has 0 aromatic heterocycles. The van der Waals surface area contributed by atoms with Gasteiger partial charge in [-0.3, -0.25) is 4.79 Å². The van der Waals surface area contributed by atoms with Crippen molar-refractivity contribution in [1.82, 2.24) is 5.32 Å². The standard InChI is InChI=1S/C15H19NO7S/c1-21-11-4-3-5-12(22-2)14(11)15(18)23-8-13(17)16-10-6-7-24(19,20)9-10/h3-5,10H,6-9H2,1-2H3,(H,16,17). The van der Waals surface area contributed by atoms with Gasteiger partial charge in [0.2, 0.25) is 0 Å². The quantitative estimate of drug-likeness (QED) is 0.723. The molecule has 0 aliphatic carbocycles. The summed E-state index contributed by atoms with van der Waals surface area (Å²) in [6.07, 6.45) is 0.363. The normalized spacial score (nSPS) is 18.7. The maximum atomic E-state index is 12.2. The zero-order valence-electron chi connectivity index (χ0n) is 13.4. The molecule has 0 bridgehead atoms. The first-order valence-electron chi connectivity index (χ1n) is 7.24. The van der Waals surface area contributed by atoms with Gasteiger partial charge in [0.25, 0.3) is 5.91 Å². The van der Waals surface area contributed by atoms with E-state index in [1.54, 1.807) is 18.2 Å². The van der Waals surface area contributed by atoms with Crippen molar-refractivity contribution in [3.8, 4) is 11.5 Å². The number of hydrogen-bond acceptors (Lipinski definition) is 7. The van der Waals surface area contributed by atoms with Gasteiger partial charge >= 0.3 is 5.97 Å². The molecule has 1 fully saturated rings. The molecule has 0 saturated carbocycles. The molecule has 1 atom stereocenters. The lowest BCUT2D eigenvalue weighted by Crippen LogP contribution is -2.38. The SMILES string of the molecule is COc1cccc(OC)c1C(=O)OCC(=O)NC1CCS(=O)(=O)C1. The number of sulfone groups is 1. The van der Waals surface area contributed by atoms with Gasteiger partial charge in [0.15, 0.2) is 16.4 Å². The van der Waals surface area contributed by atoms with E-state index in [2.05, 4.69) is 5.32 Å². The van der Waals surface area contributed by atoms with Gasteiger partial charge in [-0.05, 0) is 18.6 Å². The Hall–Kier alpha value is -2.29. The third kappa shape index (κ3) is 4.38. The van der Waals surface area contributed by atoms with E-state index in [0.29, 0.717) is 6.42 Å². The minimum atomic E-state index is -3.09. The Bertz CT molecular complexity index is 707. The summed E-state index contributed by atoms with van der Waals surface area (Å²) in [6, 6.07) is 4.36. The Morgan fingerprint density at radius 2 is 1.83 bits per heavy atom. The first kappa shape index (κ1) is 18.1. The van der Waals surface area contributed by atoms with E-state index >= 15 is 0 Å². The van der Waals surface area contributed by atoms with Crippen LogP contribution in [0.4, 0.5) is 0 Å². The van der Waals surface area contributed by atoms with Crippen molar-refractivity contribution in [1.29, 1.82) is 0 Å². The molecule has 24 heavy (non-hydrogen) atoms. The van der Waals surface area contributed by atoms with E-state index in [1.807, 2.05) is 0 Å². The molecule has 1 N–H and O–H groups in total. The summed E-state index contributed by atoms with van der Waals surface area (Å²) in [5, 5.41) is 2.54. The summed E-state index contributed by atoms with van der Waals surface area (Å²) in [7, 11) is -0.286. The van der Waals surface area contributed by atoms with Crippen molar-refractivity contribution in [2.75, 3.05) is 32.3 Å². The number of hydrogen-bond donors (Lipinski definition) is 1. The smallest absolute Gasteiger partial charge is 0.346 e. The maximum absolute atomic E-state index is 12.2. The van der Waals surface area contributed by atoms with Crippen LogP contribution in [0.2, 0.25) is 0 Å². The second-order valence-electron chi connectivity index (χ2n) is 5.28. The molecular formula is C15H19NO7S. The first-order chi connectivity index (χ1) is 11.4. The number of carbonyl (C=O) groups excluding carboxylic acids is 2. The molecule has 132 valence electrons. The molecular weight excluding hydrogens is 338 g/mol. The van der Waals surface area contributed by atoms with Crippen molar-refractivity contribution >= 4 is 21.7 Å². The van der Waals surface area contributed by atoms with Gasteiger partial charge in [0.1, 0.15) is 17.1 Å². The Morgan fingerprint density at radius 3 is 2.33 bits per heavy atom. The minimum absolute atomic E-state index is 0.0517. The Morgan fingerprint density at radius 1 is 1.21 bits per heavy atom. The average Bonchev–Trinajstić information content (AvgIpc) is 2.90. The van der Waals surface area contributed by atoms with Crippen LogP contribution in [0.1, 0.15) is 16.8 Å². The Kier molecular flexibility index (Phi) is 5.66. The van der Waals surface area contributed by atoms with Gasteiger partial charge in [-0.25, -0.2) is 13.2 Å². The van der Waals surface area contributed by atoms with Crippen molar-refractivity contribution in [2.24, 2.45) is 0 Å². The van der Waals surface area contributed by atoms with E-state index in [4.69, 9.17) is 14.2 Å². The zero-order valence-corrected chi connectivity index (χ0v) is 14.2. The largest absolute Gasteiger partial charge is 0.496 e. The molecule has 9 heteroatoms. The van der Waals surface area contributed by atoms with E-state index in [1.165, 1.54) is 14.2 Å². The molecule has 0 radical (unpaired) electrons. The second-order valence-corrected chi connectivity index (χ2v) is 7.51. The molecule has 1 unspecified atom stereocenters. The van der Waals surface area contributed by atoms with Gasteiger partial charge in [-0.1, -0.05) is 6.07 Å². The molecule has 8 nitrogen and oxygen atoms in total. The number of nitrogens with one attached hydrogen (secondary N) is 1. The number of rotatable bonds is 6. The van der Waals surface area contributed by atoms with Crippen LogP contribution in [0.3, 0.4) is 0 Å². The van der Waals surface area contributed by atoms with Gasteiger partial charge < -0.3 is 19.5 Å². The van der Waals surface area contributed by atoms with Crippen LogP contribution in [0.25, 0.3) is 0 Å². The highest BCUT2D eigenvalue weighted by Crippen LogP contribution is 2.28.